The zero-order valence-corrected chi connectivity index (χ0v) is 17.1. The third kappa shape index (κ3) is 4.56. The maximum absolute atomic E-state index is 13.2. The lowest BCUT2D eigenvalue weighted by molar-refractivity contribution is -0.158. The molecule has 0 fully saturated rings. The molecule has 1 aliphatic rings. The van der Waals surface area contributed by atoms with Crippen molar-refractivity contribution >= 4 is 5.97 Å². The van der Waals surface area contributed by atoms with Crippen molar-refractivity contribution in [2.45, 2.75) is 71.9 Å². The van der Waals surface area contributed by atoms with Crippen molar-refractivity contribution in [1.82, 2.24) is 4.90 Å². The molecule has 0 heterocycles. The predicted octanol–water partition coefficient (Wildman–Crippen LogP) is 5.18. The van der Waals surface area contributed by atoms with Gasteiger partial charge in [0.05, 0.1) is 12.0 Å². The highest BCUT2D eigenvalue weighted by Crippen LogP contribution is 2.48. The van der Waals surface area contributed by atoms with Gasteiger partial charge in [-0.05, 0) is 66.0 Å². The second-order valence-corrected chi connectivity index (χ2v) is 7.93. The fourth-order valence-electron chi connectivity index (χ4n) is 4.35. The maximum Gasteiger partial charge on any atom is 0.313 e. The average molecular weight is 358 g/mol. The molecule has 0 N–H and O–H groups in total. The number of carbonyl (C=O) groups is 1. The summed E-state index contributed by atoms with van der Waals surface area (Å²) in [6.07, 6.45) is 6.87. The first-order chi connectivity index (χ1) is 12.4. The van der Waals surface area contributed by atoms with Crippen LogP contribution < -0.4 is 0 Å². The zero-order chi connectivity index (χ0) is 19.2. The number of hydrogen-bond donors (Lipinski definition) is 0. The van der Waals surface area contributed by atoms with Gasteiger partial charge in [0.1, 0.15) is 0 Å². The largest absolute Gasteiger partial charge is 0.466 e. The van der Waals surface area contributed by atoms with E-state index in [1.165, 1.54) is 5.56 Å². The van der Waals surface area contributed by atoms with Crippen molar-refractivity contribution in [1.29, 1.82) is 0 Å². The summed E-state index contributed by atoms with van der Waals surface area (Å²) in [7, 11) is 0. The van der Waals surface area contributed by atoms with Crippen LogP contribution in [-0.4, -0.2) is 36.1 Å². The van der Waals surface area contributed by atoms with Gasteiger partial charge in [-0.25, -0.2) is 0 Å². The Morgan fingerprint density at radius 3 is 2.38 bits per heavy atom. The van der Waals surface area contributed by atoms with E-state index in [2.05, 4.69) is 69.0 Å². The van der Waals surface area contributed by atoms with E-state index in [0.29, 0.717) is 18.7 Å². The van der Waals surface area contributed by atoms with Crippen LogP contribution in [0, 0.1) is 5.41 Å². The predicted molar refractivity (Wildman–Crippen MR) is 108 cm³/mol. The van der Waals surface area contributed by atoms with Gasteiger partial charge in [0.2, 0.25) is 0 Å². The standard InChI is InChI=1S/C23H35NO2/c1-6-26-22(25)23(16-17-24(18(2)3)19(4)5)15-11-10-14-21(23)20-12-8-7-9-13-20/h7-13,18-19,21H,6,14-17H2,1-5H3. The smallest absolute Gasteiger partial charge is 0.313 e. The Morgan fingerprint density at radius 1 is 1.15 bits per heavy atom. The fourth-order valence-corrected chi connectivity index (χ4v) is 4.35. The molecular weight excluding hydrogens is 322 g/mol. The number of benzene rings is 1. The SMILES string of the molecule is CCOC(=O)C1(CCN(C(C)C)C(C)C)CC=CCC1c1ccccc1. The summed E-state index contributed by atoms with van der Waals surface area (Å²) in [5.74, 6) is 0.139. The molecule has 0 aromatic heterocycles. The Balaban J connectivity index is 2.36. The molecule has 3 heteroatoms. The van der Waals surface area contributed by atoms with Crippen LogP contribution in [0.25, 0.3) is 0 Å². The number of hydrogen-bond acceptors (Lipinski definition) is 3. The second kappa shape index (κ2) is 9.36. The van der Waals surface area contributed by atoms with Crippen LogP contribution in [-0.2, 0) is 9.53 Å². The van der Waals surface area contributed by atoms with E-state index >= 15 is 0 Å². The normalized spacial score (nSPS) is 23.0. The van der Waals surface area contributed by atoms with Gasteiger partial charge in [0, 0.05) is 18.0 Å². The molecule has 0 amide bonds. The third-order valence-corrected chi connectivity index (χ3v) is 5.71. The summed E-state index contributed by atoms with van der Waals surface area (Å²) in [4.78, 5) is 15.7. The van der Waals surface area contributed by atoms with Gasteiger partial charge in [-0.1, -0.05) is 42.5 Å². The molecule has 0 saturated carbocycles. The zero-order valence-electron chi connectivity index (χ0n) is 17.1. The van der Waals surface area contributed by atoms with E-state index in [9.17, 15) is 4.79 Å². The van der Waals surface area contributed by atoms with Crippen LogP contribution in [0.3, 0.4) is 0 Å². The molecule has 1 aromatic carbocycles. The van der Waals surface area contributed by atoms with Crippen LogP contribution in [0.2, 0.25) is 0 Å². The highest BCUT2D eigenvalue weighted by atomic mass is 16.5. The Morgan fingerprint density at radius 2 is 1.81 bits per heavy atom. The van der Waals surface area contributed by atoms with E-state index in [1.54, 1.807) is 0 Å². The molecule has 3 nitrogen and oxygen atoms in total. The van der Waals surface area contributed by atoms with Gasteiger partial charge in [0.25, 0.3) is 0 Å². The number of rotatable bonds is 8. The van der Waals surface area contributed by atoms with E-state index in [0.717, 1.165) is 25.8 Å². The van der Waals surface area contributed by atoms with Crippen molar-refractivity contribution in [3.63, 3.8) is 0 Å². The van der Waals surface area contributed by atoms with Crippen LogP contribution in [0.15, 0.2) is 42.5 Å². The molecule has 1 aromatic rings. The first-order valence-corrected chi connectivity index (χ1v) is 10.0. The lowest BCUT2D eigenvalue weighted by Crippen LogP contribution is -2.45. The molecule has 1 aliphatic carbocycles. The van der Waals surface area contributed by atoms with Gasteiger partial charge < -0.3 is 4.74 Å². The summed E-state index contributed by atoms with van der Waals surface area (Å²) in [6, 6.07) is 11.4. The van der Waals surface area contributed by atoms with Gasteiger partial charge in [-0.15, -0.1) is 0 Å². The van der Waals surface area contributed by atoms with E-state index in [-0.39, 0.29) is 11.9 Å². The Kier molecular flexibility index (Phi) is 7.45. The number of allylic oxidation sites excluding steroid dienone is 2. The van der Waals surface area contributed by atoms with Crippen molar-refractivity contribution in [2.75, 3.05) is 13.2 Å². The van der Waals surface area contributed by atoms with Crippen LogP contribution in [0.4, 0.5) is 0 Å². The molecule has 0 bridgehead atoms. The summed E-state index contributed by atoms with van der Waals surface area (Å²) in [5.41, 5.74) is 0.763. The van der Waals surface area contributed by atoms with Gasteiger partial charge >= 0.3 is 5.97 Å². The lowest BCUT2D eigenvalue weighted by Gasteiger charge is -2.42. The van der Waals surface area contributed by atoms with Gasteiger partial charge in [-0.3, -0.25) is 9.69 Å². The van der Waals surface area contributed by atoms with Crippen LogP contribution >= 0.6 is 0 Å². The summed E-state index contributed by atoms with van der Waals surface area (Å²) in [6.45, 7) is 12.2. The van der Waals surface area contributed by atoms with Crippen LogP contribution in [0.5, 0.6) is 0 Å². The minimum atomic E-state index is -0.478. The highest BCUT2D eigenvalue weighted by Gasteiger charge is 2.47. The monoisotopic (exact) mass is 357 g/mol. The molecule has 0 spiro atoms. The van der Waals surface area contributed by atoms with Crippen molar-refractivity contribution < 1.29 is 9.53 Å². The fraction of sp³-hybridized carbons (Fsp3) is 0.609. The third-order valence-electron chi connectivity index (χ3n) is 5.71. The molecule has 2 rings (SSSR count). The highest BCUT2D eigenvalue weighted by molar-refractivity contribution is 5.79. The molecular formula is C23H35NO2. The van der Waals surface area contributed by atoms with E-state index < -0.39 is 5.41 Å². The van der Waals surface area contributed by atoms with Crippen molar-refractivity contribution in [3.05, 3.63) is 48.0 Å². The number of nitrogens with zero attached hydrogens (tertiary/aromatic N) is 1. The Bertz CT molecular complexity index is 585. The summed E-state index contributed by atoms with van der Waals surface area (Å²) < 4.78 is 5.60. The molecule has 2 atom stereocenters. The number of carbonyl (C=O) groups excluding carboxylic acids is 1. The van der Waals surface area contributed by atoms with Gasteiger partial charge in [-0.2, -0.15) is 0 Å². The van der Waals surface area contributed by atoms with Crippen molar-refractivity contribution in [3.8, 4) is 0 Å². The van der Waals surface area contributed by atoms with Crippen LogP contribution in [0.1, 0.15) is 65.4 Å². The molecule has 26 heavy (non-hydrogen) atoms. The average Bonchev–Trinajstić information content (AvgIpc) is 2.62. The maximum atomic E-state index is 13.2. The quantitative estimate of drug-likeness (QED) is 0.474. The second-order valence-electron chi connectivity index (χ2n) is 7.93. The van der Waals surface area contributed by atoms with E-state index in [1.807, 2.05) is 13.0 Å². The Hall–Kier alpha value is -1.61. The minimum absolute atomic E-state index is 0.0364. The summed E-state index contributed by atoms with van der Waals surface area (Å²) in [5, 5.41) is 0. The number of esters is 1. The first-order valence-electron chi connectivity index (χ1n) is 10.0. The first kappa shape index (κ1) is 20.7. The lowest BCUT2D eigenvalue weighted by atomic mass is 9.64. The Labute approximate surface area is 159 Å². The minimum Gasteiger partial charge on any atom is -0.466 e. The number of ether oxygens (including phenoxy) is 1. The molecule has 2 unspecified atom stereocenters. The molecule has 0 aliphatic heterocycles. The molecule has 0 radical (unpaired) electrons. The van der Waals surface area contributed by atoms with E-state index in [4.69, 9.17) is 4.74 Å². The van der Waals surface area contributed by atoms with Crippen molar-refractivity contribution in [2.24, 2.45) is 5.41 Å². The molecule has 0 saturated heterocycles. The molecule has 144 valence electrons. The topological polar surface area (TPSA) is 29.5 Å². The van der Waals surface area contributed by atoms with Gasteiger partial charge in [0.15, 0.2) is 0 Å². The summed E-state index contributed by atoms with van der Waals surface area (Å²) >= 11 is 0.